The van der Waals surface area contributed by atoms with Crippen molar-refractivity contribution in [2.24, 2.45) is 5.73 Å². The molecule has 3 aromatic rings. The normalized spacial score (nSPS) is 11.9. The maximum absolute atomic E-state index is 6.22. The summed E-state index contributed by atoms with van der Waals surface area (Å²) in [7, 11) is 4.31. The Labute approximate surface area is 176 Å². The molecule has 28 heavy (non-hydrogen) atoms. The number of aromatic nitrogens is 3. The molecule has 0 aliphatic heterocycles. The smallest absolute Gasteiger partial charge is 0.256 e. The van der Waals surface area contributed by atoms with Gasteiger partial charge < -0.3 is 5.73 Å². The molecule has 0 unspecified atom stereocenters. The van der Waals surface area contributed by atoms with E-state index in [-0.39, 0.29) is 0 Å². The Morgan fingerprint density at radius 2 is 1.61 bits per heavy atom. The number of hydrogen-bond acceptors (Lipinski definition) is 4. The minimum atomic E-state index is 0.469. The Kier molecular flexibility index (Phi) is 6.83. The van der Waals surface area contributed by atoms with Gasteiger partial charge in [-0.05, 0) is 50.1 Å². The van der Waals surface area contributed by atoms with Gasteiger partial charge in [-0.1, -0.05) is 35.7 Å². The fraction of sp³-hybridized carbons (Fsp3) is 0.381. The van der Waals surface area contributed by atoms with E-state index in [2.05, 4.69) is 19.1 Å². The first-order chi connectivity index (χ1) is 13.4. The molecule has 148 valence electrons. The highest BCUT2D eigenvalue weighted by atomic mass is 35.5. The van der Waals surface area contributed by atoms with Crippen molar-refractivity contribution in [3.63, 3.8) is 0 Å². The highest BCUT2D eigenvalue weighted by Crippen LogP contribution is 2.34. The van der Waals surface area contributed by atoms with E-state index < -0.39 is 0 Å². The average Bonchev–Trinajstić information content (AvgIpc) is 2.68. The first-order valence-electron chi connectivity index (χ1n) is 9.54. The first-order valence-corrected chi connectivity index (χ1v) is 10.3. The van der Waals surface area contributed by atoms with Crippen molar-refractivity contribution in [2.75, 3.05) is 27.2 Å². The summed E-state index contributed by atoms with van der Waals surface area (Å²) in [5.74, 6) is 0.878. The number of quaternary nitrogens is 1. The number of nitrogens with zero attached hydrogens (tertiary/aromatic N) is 4. The van der Waals surface area contributed by atoms with Gasteiger partial charge in [0.2, 0.25) is 0 Å². The van der Waals surface area contributed by atoms with E-state index in [1.807, 2.05) is 18.2 Å². The molecule has 0 fully saturated rings. The van der Waals surface area contributed by atoms with Gasteiger partial charge in [0, 0.05) is 6.20 Å². The summed E-state index contributed by atoms with van der Waals surface area (Å²) in [6, 6.07) is 9.35. The molecule has 0 saturated carbocycles. The molecule has 2 heterocycles. The van der Waals surface area contributed by atoms with Gasteiger partial charge in [0.05, 0.1) is 47.4 Å². The van der Waals surface area contributed by atoms with Crippen LogP contribution in [0.5, 0.6) is 0 Å². The predicted octanol–water partition coefficient (Wildman–Crippen LogP) is 5.08. The summed E-state index contributed by atoms with van der Waals surface area (Å²) in [5.41, 5.74) is 8.62. The third kappa shape index (κ3) is 4.78. The van der Waals surface area contributed by atoms with Gasteiger partial charge in [0.1, 0.15) is 0 Å². The van der Waals surface area contributed by atoms with Crippen LogP contribution >= 0.6 is 23.2 Å². The largest absolute Gasteiger partial charge is 0.330 e. The zero-order valence-corrected chi connectivity index (χ0v) is 17.8. The molecule has 0 spiro atoms. The van der Waals surface area contributed by atoms with E-state index in [4.69, 9.17) is 38.9 Å². The molecule has 2 aromatic heterocycles. The van der Waals surface area contributed by atoms with Gasteiger partial charge in [0.15, 0.2) is 5.69 Å². The van der Waals surface area contributed by atoms with Gasteiger partial charge >= 0.3 is 0 Å². The minimum absolute atomic E-state index is 0.469. The van der Waals surface area contributed by atoms with E-state index in [9.17, 15) is 0 Å². The molecule has 0 bridgehead atoms. The van der Waals surface area contributed by atoms with Crippen LogP contribution in [0.2, 0.25) is 10.0 Å². The second-order valence-corrected chi connectivity index (χ2v) is 8.29. The molecule has 1 aromatic carbocycles. The van der Waals surface area contributed by atoms with Crippen LogP contribution in [-0.2, 0) is 0 Å². The Morgan fingerprint density at radius 1 is 0.929 bits per heavy atom. The van der Waals surface area contributed by atoms with Gasteiger partial charge in [0.25, 0.3) is 5.82 Å². The number of halogens is 2. The Morgan fingerprint density at radius 3 is 2.25 bits per heavy atom. The molecule has 2 N–H and O–H groups in total. The molecule has 0 aliphatic carbocycles. The van der Waals surface area contributed by atoms with Crippen molar-refractivity contribution in [3.8, 4) is 11.4 Å². The van der Waals surface area contributed by atoms with Crippen molar-refractivity contribution >= 4 is 40.1 Å². The molecular weight excluding hydrogens is 393 g/mol. The quantitative estimate of drug-likeness (QED) is 0.408. The second kappa shape index (κ2) is 9.14. The van der Waals surface area contributed by atoms with Crippen LogP contribution in [0.3, 0.4) is 0 Å². The molecule has 5 nitrogen and oxygen atoms in total. The molecular formula is C21H26Cl2N5+. The molecule has 3 rings (SSSR count). The van der Waals surface area contributed by atoms with E-state index in [0.29, 0.717) is 20.0 Å². The van der Waals surface area contributed by atoms with Crippen molar-refractivity contribution in [2.45, 2.75) is 25.7 Å². The maximum atomic E-state index is 6.22. The average molecular weight is 419 g/mol. The number of nitrogens with two attached hydrogens (primary N) is 1. The summed E-state index contributed by atoms with van der Waals surface area (Å²) < 4.78 is 0.609. The molecule has 0 saturated heterocycles. The van der Waals surface area contributed by atoms with Gasteiger partial charge in [-0.25, -0.2) is 4.98 Å². The molecule has 0 amide bonds. The molecule has 0 radical (unpaired) electrons. The van der Waals surface area contributed by atoms with Crippen molar-refractivity contribution in [1.29, 1.82) is 0 Å². The summed E-state index contributed by atoms with van der Waals surface area (Å²) in [5, 5.41) is 0.948. The lowest BCUT2D eigenvalue weighted by molar-refractivity contribution is 0.374. The number of benzene rings is 1. The highest BCUT2D eigenvalue weighted by molar-refractivity contribution is 6.42. The second-order valence-electron chi connectivity index (χ2n) is 7.48. The van der Waals surface area contributed by atoms with Crippen molar-refractivity contribution in [1.82, 2.24) is 19.4 Å². The predicted molar refractivity (Wildman–Crippen MR) is 119 cm³/mol. The van der Waals surface area contributed by atoms with Crippen LogP contribution in [0, 0.1) is 0 Å². The third-order valence-electron chi connectivity index (χ3n) is 4.84. The molecule has 0 aliphatic rings. The lowest BCUT2D eigenvalue weighted by Crippen LogP contribution is -2.42. The van der Waals surface area contributed by atoms with E-state index in [1.165, 1.54) is 0 Å². The third-order valence-corrected chi connectivity index (χ3v) is 5.56. The summed E-state index contributed by atoms with van der Waals surface area (Å²) >= 11 is 12.4. The van der Waals surface area contributed by atoms with E-state index >= 15 is 0 Å². The topological polar surface area (TPSA) is 64.7 Å². The molecule has 7 heteroatoms. The maximum Gasteiger partial charge on any atom is 0.256 e. The van der Waals surface area contributed by atoms with Crippen LogP contribution in [0.15, 0.2) is 36.5 Å². The minimum Gasteiger partial charge on any atom is -0.330 e. The zero-order valence-electron chi connectivity index (χ0n) is 16.3. The summed E-state index contributed by atoms with van der Waals surface area (Å²) in [4.78, 5) is 14.3. The van der Waals surface area contributed by atoms with Crippen LogP contribution in [0.1, 0.15) is 25.7 Å². The lowest BCUT2D eigenvalue weighted by atomic mass is 10.1. The van der Waals surface area contributed by atoms with Gasteiger partial charge in [-0.15, -0.1) is 0 Å². The number of unbranched alkanes of at least 4 members (excludes halogenated alkanes) is 3. The number of hydrogen-bond donors (Lipinski definition) is 1. The Balaban J connectivity index is 2.04. The Bertz CT molecular complexity index is 944. The standard InChI is InChI=1S/C21H26Cl2N5/c1-28(2,12-8-4-3-6-10-24)21-20(17-9-5-7-11-25-17)26-18-13-15(22)16(23)14-19(18)27-21/h5,7,9,11,13-14H,3-4,6,8,10,12,24H2,1-2H3/q+1. The number of rotatable bonds is 8. The fourth-order valence-corrected chi connectivity index (χ4v) is 3.57. The SMILES string of the molecule is C[N+](C)(CCCCCCN)c1nc2cc(Cl)c(Cl)cc2nc1-c1ccccn1. The first kappa shape index (κ1) is 20.9. The zero-order chi connectivity index (χ0) is 20.1. The van der Waals surface area contributed by atoms with Crippen molar-refractivity contribution in [3.05, 3.63) is 46.6 Å². The lowest BCUT2D eigenvalue weighted by Gasteiger charge is -2.29. The summed E-state index contributed by atoms with van der Waals surface area (Å²) in [6.07, 6.45) is 6.24. The van der Waals surface area contributed by atoms with Crippen LogP contribution in [0.25, 0.3) is 22.4 Å². The number of pyridine rings is 1. The summed E-state index contributed by atoms with van der Waals surface area (Å²) in [6.45, 7) is 1.70. The van der Waals surface area contributed by atoms with E-state index in [1.54, 1.807) is 18.3 Å². The van der Waals surface area contributed by atoms with Crippen LogP contribution in [0.4, 0.5) is 5.82 Å². The van der Waals surface area contributed by atoms with Gasteiger partial charge in [-0.2, -0.15) is 4.98 Å². The highest BCUT2D eigenvalue weighted by Gasteiger charge is 2.28. The van der Waals surface area contributed by atoms with E-state index in [0.717, 1.165) is 61.5 Å². The fourth-order valence-electron chi connectivity index (χ4n) is 3.25. The van der Waals surface area contributed by atoms with Crippen LogP contribution < -0.4 is 10.2 Å². The molecule has 0 atom stereocenters. The number of fused-ring (bicyclic) bond motifs is 1. The Hall–Kier alpha value is -1.79. The van der Waals surface area contributed by atoms with Crippen molar-refractivity contribution < 1.29 is 0 Å². The monoisotopic (exact) mass is 418 g/mol. The van der Waals surface area contributed by atoms with Gasteiger partial charge in [-0.3, -0.25) is 9.47 Å². The van der Waals surface area contributed by atoms with Crippen LogP contribution in [-0.4, -0.2) is 42.1 Å².